The summed E-state index contributed by atoms with van der Waals surface area (Å²) in [6, 6.07) is 4.99. The van der Waals surface area contributed by atoms with Gasteiger partial charge in [-0.25, -0.2) is 8.42 Å². The normalized spacial score (nSPS) is 22.7. The van der Waals surface area contributed by atoms with Crippen molar-refractivity contribution in [2.75, 3.05) is 19.8 Å². The predicted octanol–water partition coefficient (Wildman–Crippen LogP) is 2.27. The van der Waals surface area contributed by atoms with E-state index in [9.17, 15) is 8.42 Å². The maximum atomic E-state index is 12.7. The third-order valence-electron chi connectivity index (χ3n) is 4.11. The highest BCUT2D eigenvalue weighted by Crippen LogP contribution is 2.36. The van der Waals surface area contributed by atoms with E-state index in [1.54, 1.807) is 22.5 Å². The molecule has 0 bridgehead atoms. The van der Waals surface area contributed by atoms with Crippen molar-refractivity contribution in [1.82, 2.24) is 4.31 Å². The number of nitrogens with zero attached hydrogens (tertiary/aromatic N) is 1. The fraction of sp³-hybridized carbons (Fsp3) is 0.600. The topological polar surface area (TPSA) is 55.8 Å². The van der Waals surface area contributed by atoms with Gasteiger partial charge in [0.2, 0.25) is 10.0 Å². The first-order chi connectivity index (χ1) is 10.00. The van der Waals surface area contributed by atoms with Crippen LogP contribution in [-0.2, 0) is 10.0 Å². The van der Waals surface area contributed by atoms with Crippen LogP contribution in [-0.4, -0.2) is 38.5 Å². The van der Waals surface area contributed by atoms with Gasteiger partial charge < -0.3 is 9.47 Å². The lowest BCUT2D eigenvalue weighted by Gasteiger charge is -2.42. The molecule has 1 aromatic carbocycles. The number of benzene rings is 1. The first kappa shape index (κ1) is 14.7. The van der Waals surface area contributed by atoms with Gasteiger partial charge in [-0.2, -0.15) is 4.31 Å². The Kier molecular flexibility index (Phi) is 3.84. The van der Waals surface area contributed by atoms with Crippen LogP contribution in [0.15, 0.2) is 23.1 Å². The maximum Gasteiger partial charge on any atom is 0.243 e. The zero-order chi connectivity index (χ0) is 15.0. The minimum Gasteiger partial charge on any atom is -0.490 e. The lowest BCUT2D eigenvalue weighted by molar-refractivity contribution is 0.150. The van der Waals surface area contributed by atoms with Crippen molar-refractivity contribution in [2.24, 2.45) is 5.92 Å². The van der Waals surface area contributed by atoms with Crippen LogP contribution < -0.4 is 9.47 Å². The van der Waals surface area contributed by atoms with Crippen molar-refractivity contribution in [2.45, 2.75) is 37.6 Å². The molecule has 116 valence electrons. The zero-order valence-corrected chi connectivity index (χ0v) is 13.2. The molecule has 0 N–H and O–H groups in total. The van der Waals surface area contributed by atoms with E-state index in [0.717, 1.165) is 12.8 Å². The molecule has 2 aliphatic heterocycles. The van der Waals surface area contributed by atoms with Crippen LogP contribution in [0, 0.1) is 5.92 Å². The Balaban J connectivity index is 1.91. The van der Waals surface area contributed by atoms with Crippen LogP contribution in [0.4, 0.5) is 0 Å². The van der Waals surface area contributed by atoms with Gasteiger partial charge in [-0.1, -0.05) is 13.8 Å². The average Bonchev–Trinajstić information content (AvgIpc) is 2.60. The van der Waals surface area contributed by atoms with Gasteiger partial charge in [-0.05, 0) is 24.5 Å². The Morgan fingerprint density at radius 1 is 1.19 bits per heavy atom. The lowest BCUT2D eigenvalue weighted by atomic mass is 9.95. The van der Waals surface area contributed by atoms with Crippen molar-refractivity contribution in [1.29, 1.82) is 0 Å². The van der Waals surface area contributed by atoms with Crippen molar-refractivity contribution >= 4 is 10.0 Å². The molecule has 21 heavy (non-hydrogen) atoms. The van der Waals surface area contributed by atoms with Crippen LogP contribution in [0.2, 0.25) is 0 Å². The van der Waals surface area contributed by atoms with Gasteiger partial charge in [0.05, 0.1) is 18.1 Å². The molecule has 2 aliphatic rings. The zero-order valence-electron chi connectivity index (χ0n) is 12.4. The van der Waals surface area contributed by atoms with Gasteiger partial charge in [0, 0.05) is 25.1 Å². The van der Waals surface area contributed by atoms with E-state index in [1.807, 2.05) is 0 Å². The number of hydrogen-bond acceptors (Lipinski definition) is 4. The van der Waals surface area contributed by atoms with Gasteiger partial charge in [-0.15, -0.1) is 0 Å². The molecule has 6 heteroatoms. The number of rotatable bonds is 3. The quantitative estimate of drug-likeness (QED) is 0.859. The lowest BCUT2D eigenvalue weighted by Crippen LogP contribution is -2.53. The Morgan fingerprint density at radius 3 is 2.52 bits per heavy atom. The van der Waals surface area contributed by atoms with Crippen LogP contribution in [0.5, 0.6) is 11.5 Å². The van der Waals surface area contributed by atoms with Crippen LogP contribution in [0.1, 0.15) is 26.7 Å². The summed E-state index contributed by atoms with van der Waals surface area (Å²) in [5, 5.41) is 0. The number of ether oxygens (including phenoxy) is 2. The Bertz CT molecular complexity index is 627. The molecule has 1 unspecified atom stereocenters. The van der Waals surface area contributed by atoms with E-state index in [1.165, 1.54) is 0 Å². The van der Waals surface area contributed by atoms with Gasteiger partial charge in [0.1, 0.15) is 0 Å². The van der Waals surface area contributed by atoms with E-state index >= 15 is 0 Å². The number of fused-ring (bicyclic) bond motifs is 1. The summed E-state index contributed by atoms with van der Waals surface area (Å²) >= 11 is 0. The van der Waals surface area contributed by atoms with Crippen molar-refractivity contribution in [3.05, 3.63) is 18.2 Å². The molecule has 0 aromatic heterocycles. The molecule has 0 radical (unpaired) electrons. The summed E-state index contributed by atoms with van der Waals surface area (Å²) in [7, 11) is -3.44. The summed E-state index contributed by atoms with van der Waals surface area (Å²) in [5.41, 5.74) is 0. The molecule has 1 atom stereocenters. The van der Waals surface area contributed by atoms with Gasteiger partial charge in [0.25, 0.3) is 0 Å². The van der Waals surface area contributed by atoms with E-state index in [0.29, 0.717) is 37.2 Å². The smallest absolute Gasteiger partial charge is 0.243 e. The largest absolute Gasteiger partial charge is 0.490 e. The molecular weight excluding hydrogens is 290 g/mol. The minimum absolute atomic E-state index is 0.103. The first-order valence-corrected chi connectivity index (χ1v) is 8.85. The maximum absolute atomic E-state index is 12.7. The average molecular weight is 311 g/mol. The third kappa shape index (κ3) is 2.62. The highest BCUT2D eigenvalue weighted by molar-refractivity contribution is 7.89. The summed E-state index contributed by atoms with van der Waals surface area (Å²) in [6.07, 6.45) is 1.74. The molecule has 0 amide bonds. The second kappa shape index (κ2) is 5.50. The number of hydrogen-bond donors (Lipinski definition) is 0. The monoisotopic (exact) mass is 311 g/mol. The molecule has 1 aromatic rings. The Labute approximate surface area is 125 Å². The van der Waals surface area contributed by atoms with Crippen LogP contribution in [0.25, 0.3) is 0 Å². The van der Waals surface area contributed by atoms with E-state index in [2.05, 4.69) is 13.8 Å². The molecule has 0 aliphatic carbocycles. The first-order valence-electron chi connectivity index (χ1n) is 7.41. The number of sulfonamides is 1. The Morgan fingerprint density at radius 2 is 1.90 bits per heavy atom. The molecule has 3 rings (SSSR count). The molecule has 5 nitrogen and oxygen atoms in total. The van der Waals surface area contributed by atoms with Crippen LogP contribution >= 0.6 is 0 Å². The van der Waals surface area contributed by atoms with E-state index < -0.39 is 10.0 Å². The summed E-state index contributed by atoms with van der Waals surface area (Å²) in [6.45, 7) is 5.86. The summed E-state index contributed by atoms with van der Waals surface area (Å²) in [4.78, 5) is 0.289. The van der Waals surface area contributed by atoms with E-state index in [-0.39, 0.29) is 10.9 Å². The third-order valence-corrected chi connectivity index (χ3v) is 6.03. The molecular formula is C15H21NO4S. The highest BCUT2D eigenvalue weighted by Gasteiger charge is 2.40. The standard InChI is InChI=1S/C15H21NO4S/c1-11(2)13-6-7-16(13)21(17,18)12-4-5-14-15(10-12)20-9-3-8-19-14/h4-5,10-11,13H,3,6-9H2,1-2H3. The van der Waals surface area contributed by atoms with Crippen molar-refractivity contribution in [3.8, 4) is 11.5 Å². The summed E-state index contributed by atoms with van der Waals surface area (Å²) < 4.78 is 38.2. The fourth-order valence-electron chi connectivity index (χ4n) is 2.79. The van der Waals surface area contributed by atoms with Gasteiger partial charge >= 0.3 is 0 Å². The minimum atomic E-state index is -3.44. The Hall–Kier alpha value is -1.27. The summed E-state index contributed by atoms with van der Waals surface area (Å²) in [5.74, 6) is 1.47. The second-order valence-corrected chi connectivity index (χ2v) is 7.77. The SMILES string of the molecule is CC(C)C1CCN1S(=O)(=O)c1ccc2c(c1)OCCCO2. The molecule has 0 saturated carbocycles. The highest BCUT2D eigenvalue weighted by atomic mass is 32.2. The predicted molar refractivity (Wildman–Crippen MR) is 79.2 cm³/mol. The molecule has 1 saturated heterocycles. The van der Waals surface area contributed by atoms with Gasteiger partial charge in [0.15, 0.2) is 11.5 Å². The van der Waals surface area contributed by atoms with Gasteiger partial charge in [-0.3, -0.25) is 0 Å². The fourth-order valence-corrected chi connectivity index (χ4v) is 4.61. The van der Waals surface area contributed by atoms with Crippen LogP contribution in [0.3, 0.4) is 0 Å². The van der Waals surface area contributed by atoms with Crippen molar-refractivity contribution in [3.63, 3.8) is 0 Å². The van der Waals surface area contributed by atoms with E-state index in [4.69, 9.17) is 9.47 Å². The second-order valence-electron chi connectivity index (χ2n) is 5.87. The molecule has 0 spiro atoms. The molecule has 1 fully saturated rings. The molecule has 2 heterocycles. The van der Waals surface area contributed by atoms with Crippen molar-refractivity contribution < 1.29 is 17.9 Å².